The van der Waals surface area contributed by atoms with Crippen LogP contribution >= 0.6 is 15.9 Å². The molecule has 0 aliphatic heterocycles. The van der Waals surface area contributed by atoms with Crippen LogP contribution in [0.3, 0.4) is 0 Å². The number of pyridine rings is 1. The molecular formula is C5H4BrHfN2-. The molecule has 0 aliphatic rings. The van der Waals surface area contributed by atoms with E-state index in [0.717, 1.165) is 4.47 Å². The summed E-state index contributed by atoms with van der Waals surface area (Å²) in [5.41, 5.74) is 5.26. The van der Waals surface area contributed by atoms with Crippen molar-refractivity contribution in [2.75, 3.05) is 5.73 Å². The summed E-state index contributed by atoms with van der Waals surface area (Å²) >= 11 is 3.17. The Balaban J connectivity index is 0.000000640. The third-order valence-electron chi connectivity index (χ3n) is 0.692. The molecule has 0 atom stereocenters. The quantitative estimate of drug-likeness (QED) is 0.565. The van der Waals surface area contributed by atoms with E-state index in [1.807, 2.05) is 0 Å². The number of aromatic nitrogens is 1. The minimum Gasteiger partial charge on any atom is -0.435 e. The normalized spacial score (nSPS) is 8.11. The van der Waals surface area contributed by atoms with Gasteiger partial charge in [0.25, 0.3) is 0 Å². The van der Waals surface area contributed by atoms with Crippen LogP contribution in [0.1, 0.15) is 0 Å². The van der Waals surface area contributed by atoms with Gasteiger partial charge in [0.2, 0.25) is 0 Å². The fourth-order valence-corrected chi connectivity index (χ4v) is 0.572. The summed E-state index contributed by atoms with van der Waals surface area (Å²) in [7, 11) is 0. The molecule has 0 bridgehead atoms. The Bertz CT molecular complexity index is 154. The Hall–Kier alpha value is 0.300. The standard InChI is InChI=1S/C5H4BrN2.Hf/c6-4-1-2-5(7)8-3-4;/h1-2H,(H2,7,8);/q-1;. The fourth-order valence-electron chi connectivity index (χ4n) is 0.351. The molecule has 0 aromatic carbocycles. The van der Waals surface area contributed by atoms with Crippen molar-refractivity contribution in [1.29, 1.82) is 0 Å². The van der Waals surface area contributed by atoms with Gasteiger partial charge in [0.15, 0.2) is 0 Å². The number of nitrogen functional groups attached to an aromatic ring is 1. The number of rotatable bonds is 0. The van der Waals surface area contributed by atoms with Gasteiger partial charge in [0.05, 0.1) is 0 Å². The molecule has 1 rings (SSSR count). The molecule has 9 heavy (non-hydrogen) atoms. The maximum atomic E-state index is 5.26. The molecule has 0 radical (unpaired) electrons. The van der Waals surface area contributed by atoms with E-state index >= 15 is 0 Å². The first-order chi connectivity index (χ1) is 3.79. The molecule has 2 nitrogen and oxygen atoms in total. The van der Waals surface area contributed by atoms with E-state index in [0.29, 0.717) is 5.82 Å². The van der Waals surface area contributed by atoms with Gasteiger partial charge in [-0.25, -0.2) is 0 Å². The predicted molar refractivity (Wildman–Crippen MR) is 35.2 cm³/mol. The van der Waals surface area contributed by atoms with Crippen molar-refractivity contribution in [3.63, 3.8) is 0 Å². The molecule has 1 aromatic heterocycles. The van der Waals surface area contributed by atoms with Crippen molar-refractivity contribution < 1.29 is 25.8 Å². The molecule has 46 valence electrons. The third kappa shape index (κ3) is 3.11. The average molecular weight is 350 g/mol. The van der Waals surface area contributed by atoms with E-state index in [9.17, 15) is 0 Å². The van der Waals surface area contributed by atoms with Gasteiger partial charge >= 0.3 is 0 Å². The number of nitrogens with zero attached hydrogens (tertiary/aromatic N) is 1. The largest absolute Gasteiger partial charge is 0.435 e. The Kier molecular flexibility index (Phi) is 4.31. The van der Waals surface area contributed by atoms with Crippen LogP contribution in [0.2, 0.25) is 0 Å². The second-order valence-electron chi connectivity index (χ2n) is 1.33. The van der Waals surface area contributed by atoms with Gasteiger partial charge < -0.3 is 10.7 Å². The Labute approximate surface area is 80.8 Å². The summed E-state index contributed by atoms with van der Waals surface area (Å²) < 4.78 is 0.826. The summed E-state index contributed by atoms with van der Waals surface area (Å²) in [6, 6.07) is 3.50. The van der Waals surface area contributed by atoms with Crippen molar-refractivity contribution in [3.8, 4) is 0 Å². The van der Waals surface area contributed by atoms with Crippen LogP contribution in [0.4, 0.5) is 5.82 Å². The van der Waals surface area contributed by atoms with Crippen LogP contribution < -0.4 is 5.73 Å². The third-order valence-corrected chi connectivity index (χ3v) is 1.13. The molecule has 0 saturated heterocycles. The number of halogens is 1. The predicted octanol–water partition coefficient (Wildman–Crippen LogP) is 1.22. The first kappa shape index (κ1) is 9.30. The number of hydrogen-bond acceptors (Lipinski definition) is 2. The number of hydrogen-bond donors (Lipinski definition) is 1. The van der Waals surface area contributed by atoms with Crippen LogP contribution in [-0.2, 0) is 25.8 Å². The molecule has 2 N–H and O–H groups in total. The smallest absolute Gasteiger partial charge is 0.00898 e. The van der Waals surface area contributed by atoms with Gasteiger partial charge in [-0.3, -0.25) is 0 Å². The summed E-state index contributed by atoms with van der Waals surface area (Å²) in [5.74, 6) is 0.494. The van der Waals surface area contributed by atoms with Gasteiger partial charge in [-0.15, -0.1) is 6.07 Å². The summed E-state index contributed by atoms with van der Waals surface area (Å²) in [5, 5.41) is 0. The molecule has 0 fully saturated rings. The van der Waals surface area contributed by atoms with Gasteiger partial charge in [0, 0.05) is 31.7 Å². The van der Waals surface area contributed by atoms with Gasteiger partial charge in [-0.2, -0.15) is 6.07 Å². The molecular weight excluding hydrogens is 346 g/mol. The first-order valence-electron chi connectivity index (χ1n) is 2.09. The maximum absolute atomic E-state index is 5.26. The Morgan fingerprint density at radius 3 is 2.56 bits per heavy atom. The monoisotopic (exact) mass is 351 g/mol. The zero-order valence-electron chi connectivity index (χ0n) is 4.56. The van der Waals surface area contributed by atoms with Crippen molar-refractivity contribution in [2.24, 2.45) is 0 Å². The molecule has 1 aromatic rings. The van der Waals surface area contributed by atoms with Crippen molar-refractivity contribution in [3.05, 3.63) is 22.8 Å². The maximum Gasteiger partial charge on any atom is 0.00898 e. The minimum absolute atomic E-state index is 0. The van der Waals surface area contributed by atoms with E-state index in [-0.39, 0.29) is 25.8 Å². The first-order valence-corrected chi connectivity index (χ1v) is 2.88. The van der Waals surface area contributed by atoms with E-state index in [4.69, 9.17) is 5.73 Å². The Morgan fingerprint density at radius 2 is 2.22 bits per heavy atom. The van der Waals surface area contributed by atoms with Gasteiger partial charge in [0.1, 0.15) is 0 Å². The Morgan fingerprint density at radius 1 is 1.56 bits per heavy atom. The van der Waals surface area contributed by atoms with Gasteiger partial charge in [-0.1, -0.05) is 26.6 Å². The van der Waals surface area contributed by atoms with Crippen LogP contribution in [0.15, 0.2) is 16.6 Å². The summed E-state index contributed by atoms with van der Waals surface area (Å²) in [6.45, 7) is 0. The number of nitrogens with two attached hydrogens (primary N) is 1. The number of anilines is 1. The molecule has 0 aliphatic carbocycles. The van der Waals surface area contributed by atoms with Crippen molar-refractivity contribution in [2.45, 2.75) is 0 Å². The molecule has 0 amide bonds. The molecule has 4 heteroatoms. The summed E-state index contributed by atoms with van der Waals surface area (Å²) in [6.07, 6.45) is 2.64. The second kappa shape index (κ2) is 4.17. The van der Waals surface area contributed by atoms with Crippen molar-refractivity contribution in [1.82, 2.24) is 4.98 Å². The molecule has 0 saturated carbocycles. The average Bonchev–Trinajstić information content (AvgIpc) is 1.77. The van der Waals surface area contributed by atoms with E-state index in [1.165, 1.54) is 0 Å². The topological polar surface area (TPSA) is 38.9 Å². The van der Waals surface area contributed by atoms with E-state index in [2.05, 4.69) is 27.1 Å². The zero-order chi connectivity index (χ0) is 5.98. The summed E-state index contributed by atoms with van der Waals surface area (Å²) in [4.78, 5) is 3.68. The van der Waals surface area contributed by atoms with Crippen LogP contribution in [0.25, 0.3) is 0 Å². The van der Waals surface area contributed by atoms with Crippen LogP contribution in [0, 0.1) is 6.20 Å². The van der Waals surface area contributed by atoms with Gasteiger partial charge in [-0.05, 0) is 0 Å². The molecule has 0 unspecified atom stereocenters. The van der Waals surface area contributed by atoms with Crippen molar-refractivity contribution >= 4 is 21.7 Å². The fraction of sp³-hybridized carbons (Fsp3) is 0. The van der Waals surface area contributed by atoms with Crippen LogP contribution in [0.5, 0.6) is 0 Å². The van der Waals surface area contributed by atoms with E-state index in [1.54, 1.807) is 12.1 Å². The van der Waals surface area contributed by atoms with Crippen LogP contribution in [-0.4, -0.2) is 4.98 Å². The van der Waals surface area contributed by atoms with E-state index < -0.39 is 0 Å². The zero-order valence-corrected chi connectivity index (χ0v) is 9.74. The second-order valence-corrected chi connectivity index (χ2v) is 2.18. The SMILES string of the molecule is Nc1ccc(Br)[c-]n1.[Hf]. The molecule has 1 heterocycles. The minimum atomic E-state index is 0. The molecule has 0 spiro atoms.